The molecule has 1 aromatic rings. The molecule has 0 spiro atoms. The van der Waals surface area contributed by atoms with Gasteiger partial charge in [0, 0.05) is 19.2 Å². The molecule has 1 saturated heterocycles. The van der Waals surface area contributed by atoms with Gasteiger partial charge in [-0.15, -0.1) is 0 Å². The zero-order valence-electron chi connectivity index (χ0n) is 11.1. The standard InChI is InChI=1S/C15H17NO4/c17-14(11-20-13-4-2-1-3-5-13)16-8-6-12(7-9-16)10-15(18)19/h1-5,10H,6-9,11H2,(H,18,19). The highest BCUT2D eigenvalue weighted by molar-refractivity contribution is 5.81. The average molecular weight is 275 g/mol. The summed E-state index contributed by atoms with van der Waals surface area (Å²) < 4.78 is 5.41. The summed E-state index contributed by atoms with van der Waals surface area (Å²) in [6.07, 6.45) is 2.47. The van der Waals surface area contributed by atoms with Crippen molar-refractivity contribution in [1.29, 1.82) is 0 Å². The Morgan fingerprint density at radius 3 is 2.45 bits per heavy atom. The topological polar surface area (TPSA) is 66.8 Å². The van der Waals surface area contributed by atoms with Gasteiger partial charge in [-0.25, -0.2) is 4.79 Å². The third kappa shape index (κ3) is 4.12. The molecule has 0 radical (unpaired) electrons. The van der Waals surface area contributed by atoms with Crippen molar-refractivity contribution in [2.75, 3.05) is 19.7 Å². The monoisotopic (exact) mass is 275 g/mol. The predicted octanol–water partition coefficient (Wildman–Crippen LogP) is 1.70. The van der Waals surface area contributed by atoms with Gasteiger partial charge in [0.25, 0.3) is 5.91 Å². The first-order valence-corrected chi connectivity index (χ1v) is 6.53. The van der Waals surface area contributed by atoms with Gasteiger partial charge in [-0.2, -0.15) is 0 Å². The molecular formula is C15H17NO4. The molecule has 5 nitrogen and oxygen atoms in total. The molecule has 1 N–H and O–H groups in total. The number of amides is 1. The molecule has 0 saturated carbocycles. The van der Waals surface area contributed by atoms with Crippen LogP contribution < -0.4 is 4.74 Å². The Balaban J connectivity index is 1.79. The summed E-state index contributed by atoms with van der Waals surface area (Å²) in [7, 11) is 0. The minimum Gasteiger partial charge on any atom is -0.484 e. The lowest BCUT2D eigenvalue weighted by atomic mass is 10.0. The van der Waals surface area contributed by atoms with Crippen molar-refractivity contribution in [3.8, 4) is 5.75 Å². The number of hydrogen-bond acceptors (Lipinski definition) is 3. The third-order valence-corrected chi connectivity index (χ3v) is 3.19. The number of carbonyl (C=O) groups is 2. The predicted molar refractivity (Wildman–Crippen MR) is 73.5 cm³/mol. The molecular weight excluding hydrogens is 258 g/mol. The number of ether oxygens (including phenoxy) is 1. The number of nitrogens with zero attached hydrogens (tertiary/aromatic N) is 1. The zero-order valence-corrected chi connectivity index (χ0v) is 11.1. The second kappa shape index (κ2) is 6.75. The van der Waals surface area contributed by atoms with Gasteiger partial charge in [0.1, 0.15) is 5.75 Å². The van der Waals surface area contributed by atoms with E-state index >= 15 is 0 Å². The SMILES string of the molecule is O=C(O)C=C1CCN(C(=O)COc2ccccc2)CC1. The summed E-state index contributed by atoms with van der Waals surface area (Å²) in [6, 6.07) is 9.19. The maximum atomic E-state index is 12.0. The van der Waals surface area contributed by atoms with Gasteiger partial charge >= 0.3 is 5.97 Å². The van der Waals surface area contributed by atoms with Gasteiger partial charge in [0.15, 0.2) is 6.61 Å². The molecule has 0 aliphatic carbocycles. The van der Waals surface area contributed by atoms with Gasteiger partial charge in [0.2, 0.25) is 0 Å². The van der Waals surface area contributed by atoms with Crippen LogP contribution in [0.3, 0.4) is 0 Å². The number of rotatable bonds is 4. The van der Waals surface area contributed by atoms with Crippen molar-refractivity contribution in [1.82, 2.24) is 4.90 Å². The number of benzene rings is 1. The van der Waals surface area contributed by atoms with Crippen molar-refractivity contribution in [3.63, 3.8) is 0 Å². The maximum absolute atomic E-state index is 12.0. The lowest BCUT2D eigenvalue weighted by Gasteiger charge is -2.28. The minimum atomic E-state index is -0.924. The first-order chi connectivity index (χ1) is 9.65. The molecule has 1 aliphatic rings. The molecule has 1 amide bonds. The summed E-state index contributed by atoms with van der Waals surface area (Å²) in [6.45, 7) is 1.12. The quantitative estimate of drug-likeness (QED) is 0.849. The van der Waals surface area contributed by atoms with Gasteiger partial charge in [-0.3, -0.25) is 4.79 Å². The minimum absolute atomic E-state index is 0.0159. The van der Waals surface area contributed by atoms with Crippen molar-refractivity contribution in [3.05, 3.63) is 42.0 Å². The van der Waals surface area contributed by atoms with Crippen molar-refractivity contribution < 1.29 is 19.4 Å². The van der Waals surface area contributed by atoms with Crippen molar-refractivity contribution in [2.45, 2.75) is 12.8 Å². The molecule has 1 aliphatic heterocycles. The third-order valence-electron chi connectivity index (χ3n) is 3.19. The highest BCUT2D eigenvalue weighted by Gasteiger charge is 2.19. The van der Waals surface area contributed by atoms with E-state index in [9.17, 15) is 9.59 Å². The Bertz CT molecular complexity index is 500. The van der Waals surface area contributed by atoms with Crippen LogP contribution in [0.5, 0.6) is 5.75 Å². The van der Waals surface area contributed by atoms with E-state index in [2.05, 4.69) is 0 Å². The number of para-hydroxylation sites is 1. The van der Waals surface area contributed by atoms with E-state index < -0.39 is 5.97 Å². The summed E-state index contributed by atoms with van der Waals surface area (Å²) >= 11 is 0. The highest BCUT2D eigenvalue weighted by Crippen LogP contribution is 2.16. The second-order valence-electron chi connectivity index (χ2n) is 4.62. The van der Waals surface area contributed by atoms with E-state index in [-0.39, 0.29) is 12.5 Å². The molecule has 1 fully saturated rings. The zero-order chi connectivity index (χ0) is 14.4. The van der Waals surface area contributed by atoms with Crippen LogP contribution in [0, 0.1) is 0 Å². The Kier molecular flexibility index (Phi) is 4.76. The van der Waals surface area contributed by atoms with Crippen LogP contribution in [0.2, 0.25) is 0 Å². The second-order valence-corrected chi connectivity index (χ2v) is 4.62. The molecule has 0 unspecified atom stereocenters. The van der Waals surface area contributed by atoms with E-state index in [1.807, 2.05) is 18.2 Å². The number of hydrogen-bond donors (Lipinski definition) is 1. The number of piperidine rings is 1. The normalized spacial score (nSPS) is 14.8. The van der Waals surface area contributed by atoms with Crippen LogP contribution in [0.1, 0.15) is 12.8 Å². The number of carboxylic acids is 1. The summed E-state index contributed by atoms with van der Waals surface area (Å²) in [5.41, 5.74) is 0.880. The van der Waals surface area contributed by atoms with Gasteiger partial charge < -0.3 is 14.7 Å². The first-order valence-electron chi connectivity index (χ1n) is 6.53. The van der Waals surface area contributed by atoms with Crippen LogP contribution in [0.25, 0.3) is 0 Å². The number of aliphatic carboxylic acids is 1. The molecule has 5 heteroatoms. The molecule has 0 aromatic heterocycles. The molecule has 0 atom stereocenters. The number of carboxylic acid groups (broad SMARTS) is 1. The Hall–Kier alpha value is -2.30. The largest absolute Gasteiger partial charge is 0.484 e. The van der Waals surface area contributed by atoms with Crippen LogP contribution >= 0.6 is 0 Å². The maximum Gasteiger partial charge on any atom is 0.328 e. The molecule has 20 heavy (non-hydrogen) atoms. The lowest BCUT2D eigenvalue weighted by molar-refractivity contribution is -0.133. The van der Waals surface area contributed by atoms with Crippen LogP contribution in [0.15, 0.2) is 42.0 Å². The molecule has 0 bridgehead atoms. The van der Waals surface area contributed by atoms with Crippen LogP contribution in [-0.4, -0.2) is 41.6 Å². The molecule has 2 rings (SSSR count). The van der Waals surface area contributed by atoms with E-state index in [1.165, 1.54) is 6.08 Å². The molecule has 1 heterocycles. The van der Waals surface area contributed by atoms with Gasteiger partial charge in [0.05, 0.1) is 0 Å². The van der Waals surface area contributed by atoms with Gasteiger partial charge in [-0.05, 0) is 25.0 Å². The molecule has 1 aromatic carbocycles. The van der Waals surface area contributed by atoms with Crippen molar-refractivity contribution >= 4 is 11.9 Å². The van der Waals surface area contributed by atoms with E-state index in [0.29, 0.717) is 31.7 Å². The number of carbonyl (C=O) groups excluding carboxylic acids is 1. The summed E-state index contributed by atoms with van der Waals surface area (Å²) in [5, 5.41) is 8.67. The average Bonchev–Trinajstić information content (AvgIpc) is 2.46. The fraction of sp³-hybridized carbons (Fsp3) is 0.333. The summed E-state index contributed by atoms with van der Waals surface area (Å²) in [4.78, 5) is 24.2. The lowest BCUT2D eigenvalue weighted by Crippen LogP contribution is -2.39. The molecule has 106 valence electrons. The Labute approximate surface area is 117 Å². The van der Waals surface area contributed by atoms with Gasteiger partial charge in [-0.1, -0.05) is 23.8 Å². The Morgan fingerprint density at radius 2 is 1.85 bits per heavy atom. The van der Waals surface area contributed by atoms with Crippen molar-refractivity contribution in [2.24, 2.45) is 0 Å². The highest BCUT2D eigenvalue weighted by atomic mass is 16.5. The van der Waals surface area contributed by atoms with Crippen LogP contribution in [0.4, 0.5) is 0 Å². The van der Waals surface area contributed by atoms with Crippen LogP contribution in [-0.2, 0) is 9.59 Å². The fourth-order valence-electron chi connectivity index (χ4n) is 2.12. The first kappa shape index (κ1) is 14.1. The fourth-order valence-corrected chi connectivity index (χ4v) is 2.12. The summed E-state index contributed by atoms with van der Waals surface area (Å²) in [5.74, 6) is -0.320. The smallest absolute Gasteiger partial charge is 0.328 e. The van der Waals surface area contributed by atoms with E-state index in [1.54, 1.807) is 17.0 Å². The Morgan fingerprint density at radius 1 is 1.20 bits per heavy atom. The number of likely N-dealkylation sites (tertiary alicyclic amines) is 1. The van der Waals surface area contributed by atoms with E-state index in [0.717, 1.165) is 5.57 Å². The van der Waals surface area contributed by atoms with E-state index in [4.69, 9.17) is 9.84 Å².